The van der Waals surface area contributed by atoms with Gasteiger partial charge in [0.15, 0.2) is 0 Å². The first-order valence-electron chi connectivity index (χ1n) is 6.50. The Bertz CT molecular complexity index is 456. The van der Waals surface area contributed by atoms with Crippen molar-refractivity contribution in [2.45, 2.75) is 38.3 Å². The van der Waals surface area contributed by atoms with Crippen LogP contribution in [-0.4, -0.2) is 22.2 Å². The Kier molecular flexibility index (Phi) is 4.37. The van der Waals surface area contributed by atoms with Crippen molar-refractivity contribution in [1.29, 1.82) is 0 Å². The largest absolute Gasteiger partial charge is 0.508 e. The molecule has 0 aliphatic heterocycles. The van der Waals surface area contributed by atoms with E-state index < -0.39 is 5.97 Å². The summed E-state index contributed by atoms with van der Waals surface area (Å²) in [5, 5.41) is 21.7. The fourth-order valence-corrected chi connectivity index (χ4v) is 2.49. The third-order valence-corrected chi connectivity index (χ3v) is 3.70. The number of phenolic OH excluding ortho intramolecular Hbond substituents is 1. The van der Waals surface area contributed by atoms with Gasteiger partial charge >= 0.3 is 5.97 Å². The SMILES string of the molecule is O=C(O)C1CCC(NCc2cc(F)ccc2O)CC1. The fourth-order valence-electron chi connectivity index (χ4n) is 2.49. The molecule has 0 bridgehead atoms. The Morgan fingerprint density at radius 1 is 1.32 bits per heavy atom. The highest BCUT2D eigenvalue weighted by atomic mass is 19.1. The molecule has 1 fully saturated rings. The normalized spacial score (nSPS) is 23.2. The number of carboxylic acids is 1. The van der Waals surface area contributed by atoms with Gasteiger partial charge in [0.2, 0.25) is 0 Å². The molecule has 0 amide bonds. The van der Waals surface area contributed by atoms with Crippen molar-refractivity contribution in [3.63, 3.8) is 0 Å². The zero-order chi connectivity index (χ0) is 13.8. The van der Waals surface area contributed by atoms with Crippen molar-refractivity contribution in [3.05, 3.63) is 29.6 Å². The number of carboxylic acid groups (broad SMARTS) is 1. The molecule has 19 heavy (non-hydrogen) atoms. The lowest BCUT2D eigenvalue weighted by atomic mass is 9.86. The molecule has 0 saturated heterocycles. The van der Waals surface area contributed by atoms with Gasteiger partial charge in [-0.2, -0.15) is 0 Å². The summed E-state index contributed by atoms with van der Waals surface area (Å²) in [6.07, 6.45) is 2.93. The number of benzene rings is 1. The Hall–Kier alpha value is -1.62. The minimum atomic E-state index is -0.721. The number of hydrogen-bond acceptors (Lipinski definition) is 3. The van der Waals surface area contributed by atoms with Crippen LogP contribution in [-0.2, 0) is 11.3 Å². The molecule has 104 valence electrons. The number of carbonyl (C=O) groups is 1. The van der Waals surface area contributed by atoms with Gasteiger partial charge in [-0.1, -0.05) is 0 Å². The summed E-state index contributed by atoms with van der Waals surface area (Å²) < 4.78 is 13.0. The van der Waals surface area contributed by atoms with E-state index in [1.807, 2.05) is 0 Å². The van der Waals surface area contributed by atoms with Crippen molar-refractivity contribution < 1.29 is 19.4 Å². The number of nitrogens with one attached hydrogen (secondary N) is 1. The van der Waals surface area contributed by atoms with Gasteiger partial charge in [0, 0.05) is 18.2 Å². The summed E-state index contributed by atoms with van der Waals surface area (Å²) >= 11 is 0. The molecule has 0 atom stereocenters. The molecule has 1 saturated carbocycles. The van der Waals surface area contributed by atoms with Gasteiger partial charge < -0.3 is 15.5 Å². The molecular formula is C14H18FNO3. The van der Waals surface area contributed by atoms with Crippen LogP contribution >= 0.6 is 0 Å². The molecular weight excluding hydrogens is 249 g/mol. The average Bonchev–Trinajstić information content (AvgIpc) is 2.40. The van der Waals surface area contributed by atoms with Crippen LogP contribution in [0.15, 0.2) is 18.2 Å². The summed E-state index contributed by atoms with van der Waals surface area (Å²) in [7, 11) is 0. The van der Waals surface area contributed by atoms with Crippen molar-refractivity contribution >= 4 is 5.97 Å². The molecule has 2 rings (SSSR count). The van der Waals surface area contributed by atoms with E-state index in [9.17, 15) is 14.3 Å². The van der Waals surface area contributed by atoms with E-state index in [-0.39, 0.29) is 23.5 Å². The van der Waals surface area contributed by atoms with Crippen molar-refractivity contribution in [3.8, 4) is 5.75 Å². The minimum Gasteiger partial charge on any atom is -0.508 e. The van der Waals surface area contributed by atoms with E-state index in [1.54, 1.807) is 0 Å². The number of aromatic hydroxyl groups is 1. The maximum absolute atomic E-state index is 13.0. The second-order valence-electron chi connectivity index (χ2n) is 5.04. The van der Waals surface area contributed by atoms with Crippen molar-refractivity contribution in [1.82, 2.24) is 5.32 Å². The highest BCUT2D eigenvalue weighted by Gasteiger charge is 2.25. The Morgan fingerprint density at radius 3 is 2.63 bits per heavy atom. The first-order chi connectivity index (χ1) is 9.06. The van der Waals surface area contributed by atoms with Crippen molar-refractivity contribution in [2.24, 2.45) is 5.92 Å². The molecule has 3 N–H and O–H groups in total. The zero-order valence-electron chi connectivity index (χ0n) is 10.6. The van der Waals surface area contributed by atoms with Crippen LogP contribution in [0.4, 0.5) is 4.39 Å². The topological polar surface area (TPSA) is 69.6 Å². The summed E-state index contributed by atoms with van der Waals surface area (Å²) in [5.74, 6) is -1.25. The first kappa shape index (κ1) is 13.8. The summed E-state index contributed by atoms with van der Waals surface area (Å²) in [5.41, 5.74) is 0.528. The van der Waals surface area contributed by atoms with Gasteiger partial charge in [-0.05, 0) is 43.9 Å². The molecule has 0 aromatic heterocycles. The quantitative estimate of drug-likeness (QED) is 0.782. The van der Waals surface area contributed by atoms with Gasteiger partial charge in [-0.3, -0.25) is 4.79 Å². The number of hydrogen-bond donors (Lipinski definition) is 3. The molecule has 0 unspecified atom stereocenters. The van der Waals surface area contributed by atoms with Crippen LogP contribution in [0.1, 0.15) is 31.2 Å². The standard InChI is InChI=1S/C14H18FNO3/c15-11-3-6-13(17)10(7-11)8-16-12-4-1-9(2-5-12)14(18)19/h3,6-7,9,12,16-17H,1-2,4-5,8H2,(H,18,19). The highest BCUT2D eigenvalue weighted by Crippen LogP contribution is 2.25. The smallest absolute Gasteiger partial charge is 0.306 e. The zero-order valence-corrected chi connectivity index (χ0v) is 10.6. The third kappa shape index (κ3) is 3.67. The van der Waals surface area contributed by atoms with Crippen LogP contribution in [0.5, 0.6) is 5.75 Å². The maximum Gasteiger partial charge on any atom is 0.306 e. The van der Waals surface area contributed by atoms with E-state index in [4.69, 9.17) is 5.11 Å². The molecule has 1 aromatic rings. The monoisotopic (exact) mass is 267 g/mol. The number of halogens is 1. The number of aliphatic carboxylic acids is 1. The Balaban J connectivity index is 1.83. The predicted octanol–water partition coefficient (Wildman–Crippen LogP) is 2.26. The lowest BCUT2D eigenvalue weighted by Crippen LogP contribution is -2.34. The minimum absolute atomic E-state index is 0.0770. The Morgan fingerprint density at radius 2 is 2.00 bits per heavy atom. The van der Waals surface area contributed by atoms with E-state index >= 15 is 0 Å². The summed E-state index contributed by atoms with van der Waals surface area (Å²) in [6, 6.07) is 4.11. The molecule has 1 aliphatic carbocycles. The highest BCUT2D eigenvalue weighted by molar-refractivity contribution is 5.70. The molecule has 5 heteroatoms. The molecule has 1 aromatic carbocycles. The van der Waals surface area contributed by atoms with E-state index in [0.717, 1.165) is 12.8 Å². The molecule has 0 spiro atoms. The number of phenols is 1. The Labute approximate surface area is 111 Å². The fraction of sp³-hybridized carbons (Fsp3) is 0.500. The van der Waals surface area contributed by atoms with E-state index in [1.165, 1.54) is 18.2 Å². The first-order valence-corrected chi connectivity index (χ1v) is 6.50. The van der Waals surface area contributed by atoms with E-state index in [2.05, 4.69) is 5.32 Å². The molecule has 1 aliphatic rings. The second kappa shape index (κ2) is 6.02. The third-order valence-electron chi connectivity index (χ3n) is 3.70. The molecule has 0 radical (unpaired) electrons. The maximum atomic E-state index is 13.0. The lowest BCUT2D eigenvalue weighted by Gasteiger charge is -2.27. The van der Waals surface area contributed by atoms with Crippen LogP contribution in [0.2, 0.25) is 0 Å². The van der Waals surface area contributed by atoms with Crippen LogP contribution in [0.3, 0.4) is 0 Å². The van der Waals surface area contributed by atoms with Gasteiger partial charge in [0.25, 0.3) is 0 Å². The van der Waals surface area contributed by atoms with Crippen LogP contribution in [0, 0.1) is 11.7 Å². The van der Waals surface area contributed by atoms with Crippen LogP contribution in [0.25, 0.3) is 0 Å². The van der Waals surface area contributed by atoms with Gasteiger partial charge in [-0.15, -0.1) is 0 Å². The average molecular weight is 267 g/mol. The molecule has 0 heterocycles. The number of rotatable bonds is 4. The van der Waals surface area contributed by atoms with Gasteiger partial charge in [0.1, 0.15) is 11.6 Å². The van der Waals surface area contributed by atoms with Crippen LogP contribution < -0.4 is 5.32 Å². The summed E-state index contributed by atoms with van der Waals surface area (Å²) in [6.45, 7) is 0.395. The van der Waals surface area contributed by atoms with Gasteiger partial charge in [0.05, 0.1) is 5.92 Å². The lowest BCUT2D eigenvalue weighted by molar-refractivity contribution is -0.142. The van der Waals surface area contributed by atoms with Gasteiger partial charge in [-0.25, -0.2) is 4.39 Å². The van der Waals surface area contributed by atoms with Crippen molar-refractivity contribution in [2.75, 3.05) is 0 Å². The predicted molar refractivity (Wildman–Crippen MR) is 68.3 cm³/mol. The second-order valence-corrected chi connectivity index (χ2v) is 5.04. The summed E-state index contributed by atoms with van der Waals surface area (Å²) in [4.78, 5) is 10.8. The van der Waals surface area contributed by atoms with E-state index in [0.29, 0.717) is 24.9 Å². The molecule has 4 nitrogen and oxygen atoms in total.